The lowest BCUT2D eigenvalue weighted by Gasteiger charge is -2.14. The number of carboxylic acids is 1. The van der Waals surface area contributed by atoms with Gasteiger partial charge in [-0.25, -0.2) is 9.78 Å². The van der Waals surface area contributed by atoms with Gasteiger partial charge in [0, 0.05) is 23.6 Å². The van der Waals surface area contributed by atoms with Crippen molar-refractivity contribution in [1.82, 2.24) is 14.5 Å². The summed E-state index contributed by atoms with van der Waals surface area (Å²) in [6.45, 7) is 2.00. The van der Waals surface area contributed by atoms with E-state index in [0.29, 0.717) is 11.1 Å². The van der Waals surface area contributed by atoms with E-state index in [2.05, 4.69) is 15.6 Å². The molecule has 5 aromatic rings. The van der Waals surface area contributed by atoms with Crippen molar-refractivity contribution in [3.63, 3.8) is 0 Å². The molecule has 5 heteroatoms. The predicted octanol–water partition coefficient (Wildman–Crippen LogP) is 5.76. The average Bonchev–Trinajstić information content (AvgIpc) is 3.19. The maximum atomic E-state index is 11.7. The van der Waals surface area contributed by atoms with Gasteiger partial charge in [0.2, 0.25) is 0 Å². The fraction of sp³-hybridized carbons (Fsp3) is 0.0385. The van der Waals surface area contributed by atoms with Crippen molar-refractivity contribution in [3.8, 4) is 28.2 Å². The van der Waals surface area contributed by atoms with Gasteiger partial charge in [-0.15, -0.1) is 0 Å². The Bertz CT molecular complexity index is 1420. The van der Waals surface area contributed by atoms with Crippen LogP contribution in [-0.2, 0) is 0 Å². The minimum Gasteiger partial charge on any atom is -0.478 e. The summed E-state index contributed by atoms with van der Waals surface area (Å²) in [5, 5.41) is 9.59. The largest absolute Gasteiger partial charge is 0.478 e. The molecule has 0 amide bonds. The van der Waals surface area contributed by atoms with E-state index in [4.69, 9.17) is 4.98 Å². The Labute approximate surface area is 179 Å². The molecule has 1 N–H and O–H groups in total. The van der Waals surface area contributed by atoms with Gasteiger partial charge in [-0.2, -0.15) is 0 Å². The molecule has 0 atom stereocenters. The van der Waals surface area contributed by atoms with Gasteiger partial charge in [-0.05, 0) is 66.1 Å². The smallest absolute Gasteiger partial charge is 0.336 e. The predicted molar refractivity (Wildman–Crippen MR) is 121 cm³/mol. The molecule has 0 saturated heterocycles. The number of aromatic nitrogens is 3. The highest BCUT2D eigenvalue weighted by atomic mass is 16.4. The van der Waals surface area contributed by atoms with Gasteiger partial charge in [0.25, 0.3) is 0 Å². The van der Waals surface area contributed by atoms with Crippen LogP contribution in [0.5, 0.6) is 0 Å². The van der Waals surface area contributed by atoms with Gasteiger partial charge in [0.15, 0.2) is 0 Å². The molecule has 5 nitrogen and oxygen atoms in total. The van der Waals surface area contributed by atoms with E-state index < -0.39 is 5.97 Å². The van der Waals surface area contributed by atoms with E-state index >= 15 is 0 Å². The van der Waals surface area contributed by atoms with Crippen molar-refractivity contribution in [2.24, 2.45) is 0 Å². The lowest BCUT2D eigenvalue weighted by Crippen LogP contribution is -2.01. The highest BCUT2D eigenvalue weighted by Gasteiger charge is 2.17. The monoisotopic (exact) mass is 405 g/mol. The standard InChI is InChI=1S/C26H19N3O2/c1-17-15-19(12-13-20(17)21-8-2-3-9-22(21)26(30)31)29-24-11-5-4-10-23(24)28-25(29)18-7-6-14-27-16-18/h2-16H,1H3,(H,30,31). The summed E-state index contributed by atoms with van der Waals surface area (Å²) >= 11 is 0. The zero-order valence-corrected chi connectivity index (χ0v) is 16.9. The molecule has 0 fully saturated rings. The van der Waals surface area contributed by atoms with Gasteiger partial charge in [0.05, 0.1) is 16.6 Å². The van der Waals surface area contributed by atoms with Gasteiger partial charge in [-0.1, -0.05) is 36.4 Å². The Hall–Kier alpha value is -4.25. The van der Waals surface area contributed by atoms with E-state index in [9.17, 15) is 9.90 Å². The average molecular weight is 405 g/mol. The summed E-state index contributed by atoms with van der Waals surface area (Å²) in [5.41, 5.74) is 6.68. The van der Waals surface area contributed by atoms with Crippen LogP contribution in [0.15, 0.2) is 91.3 Å². The molecule has 0 aliphatic rings. The topological polar surface area (TPSA) is 68.0 Å². The number of nitrogens with zero attached hydrogens (tertiary/aromatic N) is 3. The molecule has 5 rings (SSSR count). The van der Waals surface area contributed by atoms with Crippen LogP contribution in [0.4, 0.5) is 0 Å². The van der Waals surface area contributed by atoms with E-state index in [1.54, 1.807) is 18.3 Å². The Kier molecular flexibility index (Phi) is 4.56. The number of hydrogen-bond acceptors (Lipinski definition) is 3. The number of carbonyl (C=O) groups is 1. The first-order valence-corrected chi connectivity index (χ1v) is 9.95. The van der Waals surface area contributed by atoms with Crippen molar-refractivity contribution in [3.05, 3.63) is 102 Å². The van der Waals surface area contributed by atoms with Gasteiger partial charge in [0.1, 0.15) is 5.82 Å². The zero-order valence-electron chi connectivity index (χ0n) is 16.9. The first-order valence-electron chi connectivity index (χ1n) is 9.95. The van der Waals surface area contributed by atoms with Crippen LogP contribution in [0.25, 0.3) is 39.2 Å². The molecule has 150 valence electrons. The maximum absolute atomic E-state index is 11.7. The van der Waals surface area contributed by atoms with Crippen LogP contribution >= 0.6 is 0 Å². The fourth-order valence-corrected chi connectivity index (χ4v) is 3.97. The van der Waals surface area contributed by atoms with Crippen molar-refractivity contribution in [2.75, 3.05) is 0 Å². The summed E-state index contributed by atoms with van der Waals surface area (Å²) in [6, 6.07) is 25.1. The molecule has 2 aromatic heterocycles. The third kappa shape index (κ3) is 3.26. The number of fused-ring (bicyclic) bond motifs is 1. The van der Waals surface area contributed by atoms with E-state index in [1.165, 1.54) is 0 Å². The third-order valence-corrected chi connectivity index (χ3v) is 5.40. The quantitative estimate of drug-likeness (QED) is 0.413. The maximum Gasteiger partial charge on any atom is 0.336 e. The second-order valence-corrected chi connectivity index (χ2v) is 7.35. The number of pyridine rings is 1. The van der Waals surface area contributed by atoms with E-state index in [0.717, 1.165) is 39.2 Å². The fourth-order valence-electron chi connectivity index (χ4n) is 3.97. The normalized spacial score (nSPS) is 11.0. The number of aryl methyl sites for hydroxylation is 1. The number of imidazole rings is 1. The number of benzene rings is 3. The lowest BCUT2D eigenvalue weighted by molar-refractivity contribution is 0.0697. The summed E-state index contributed by atoms with van der Waals surface area (Å²) in [4.78, 5) is 20.8. The molecule has 31 heavy (non-hydrogen) atoms. The minimum absolute atomic E-state index is 0.294. The molecule has 0 spiro atoms. The van der Waals surface area contributed by atoms with Crippen molar-refractivity contribution in [1.29, 1.82) is 0 Å². The molecule has 0 saturated carbocycles. The van der Waals surface area contributed by atoms with Gasteiger partial charge >= 0.3 is 5.97 Å². The molecule has 0 bridgehead atoms. The highest BCUT2D eigenvalue weighted by molar-refractivity contribution is 5.96. The third-order valence-electron chi connectivity index (χ3n) is 5.40. The second kappa shape index (κ2) is 7.54. The first kappa shape index (κ1) is 18.8. The Morgan fingerprint density at radius 1 is 0.903 bits per heavy atom. The number of hydrogen-bond donors (Lipinski definition) is 1. The van der Waals surface area contributed by atoms with Crippen molar-refractivity contribution in [2.45, 2.75) is 6.92 Å². The minimum atomic E-state index is -0.932. The Morgan fingerprint density at radius 3 is 2.48 bits per heavy atom. The molecule has 3 aromatic carbocycles. The van der Waals surface area contributed by atoms with Gasteiger partial charge < -0.3 is 5.11 Å². The summed E-state index contributed by atoms with van der Waals surface area (Å²) in [6.07, 6.45) is 3.55. The molecular formula is C26H19N3O2. The second-order valence-electron chi connectivity index (χ2n) is 7.35. The number of carboxylic acid groups (broad SMARTS) is 1. The van der Waals surface area contributed by atoms with Crippen LogP contribution in [0, 0.1) is 6.92 Å². The summed E-state index contributed by atoms with van der Waals surface area (Å²) in [5.74, 6) is -0.120. The SMILES string of the molecule is Cc1cc(-n2c(-c3cccnc3)nc3ccccc32)ccc1-c1ccccc1C(=O)O. The van der Waals surface area contributed by atoms with Gasteiger partial charge in [-0.3, -0.25) is 9.55 Å². The number of rotatable bonds is 4. The van der Waals surface area contributed by atoms with Crippen LogP contribution in [-0.4, -0.2) is 25.6 Å². The van der Waals surface area contributed by atoms with Crippen molar-refractivity contribution >= 4 is 17.0 Å². The molecule has 0 radical (unpaired) electrons. The Balaban J connectivity index is 1.71. The number of para-hydroxylation sites is 2. The first-order chi connectivity index (χ1) is 15.1. The lowest BCUT2D eigenvalue weighted by atomic mass is 9.95. The molecule has 0 unspecified atom stereocenters. The van der Waals surface area contributed by atoms with E-state index in [1.807, 2.05) is 73.8 Å². The highest BCUT2D eigenvalue weighted by Crippen LogP contribution is 2.32. The van der Waals surface area contributed by atoms with Crippen LogP contribution < -0.4 is 0 Å². The summed E-state index contributed by atoms with van der Waals surface area (Å²) < 4.78 is 2.12. The van der Waals surface area contributed by atoms with Crippen LogP contribution in [0.1, 0.15) is 15.9 Å². The zero-order chi connectivity index (χ0) is 21.4. The summed E-state index contributed by atoms with van der Waals surface area (Å²) in [7, 11) is 0. The molecular weight excluding hydrogens is 386 g/mol. The molecule has 2 heterocycles. The number of aromatic carboxylic acids is 1. The Morgan fingerprint density at radius 2 is 1.71 bits per heavy atom. The van der Waals surface area contributed by atoms with E-state index in [-0.39, 0.29) is 0 Å². The van der Waals surface area contributed by atoms with Crippen LogP contribution in [0.3, 0.4) is 0 Å². The molecule has 0 aliphatic carbocycles. The molecule has 0 aliphatic heterocycles. The van der Waals surface area contributed by atoms with Crippen molar-refractivity contribution < 1.29 is 9.90 Å². The van der Waals surface area contributed by atoms with Crippen LogP contribution in [0.2, 0.25) is 0 Å².